The van der Waals surface area contributed by atoms with Crippen molar-refractivity contribution in [1.29, 1.82) is 0 Å². The first-order chi connectivity index (χ1) is 13.1. The second-order valence-corrected chi connectivity index (χ2v) is 6.53. The van der Waals surface area contributed by atoms with Crippen molar-refractivity contribution in [1.82, 2.24) is 0 Å². The molecule has 0 aliphatic carbocycles. The summed E-state index contributed by atoms with van der Waals surface area (Å²) in [5.41, 5.74) is 2.16. The third-order valence-electron chi connectivity index (χ3n) is 4.69. The van der Waals surface area contributed by atoms with Crippen molar-refractivity contribution in [2.24, 2.45) is 0 Å². The van der Waals surface area contributed by atoms with Crippen LogP contribution in [0.4, 0.5) is 0 Å². The molecule has 0 bridgehead atoms. The van der Waals surface area contributed by atoms with Gasteiger partial charge in [-0.3, -0.25) is 0 Å². The number of phenolic OH excluding ortho intramolecular Hbond substituents is 1. The third-order valence-corrected chi connectivity index (χ3v) is 4.69. The van der Waals surface area contributed by atoms with Crippen LogP contribution in [0.3, 0.4) is 0 Å². The van der Waals surface area contributed by atoms with Gasteiger partial charge in [0.15, 0.2) is 0 Å². The minimum Gasteiger partial charge on any atom is -0.507 e. The van der Waals surface area contributed by atoms with Gasteiger partial charge in [0.05, 0.1) is 7.11 Å². The fourth-order valence-electron chi connectivity index (χ4n) is 3.18. The summed E-state index contributed by atoms with van der Waals surface area (Å²) >= 11 is 0. The lowest BCUT2D eigenvalue weighted by Crippen LogP contribution is -2.01. The predicted molar refractivity (Wildman–Crippen MR) is 115 cm³/mol. The summed E-state index contributed by atoms with van der Waals surface area (Å²) < 4.78 is 4.67. The molecule has 0 heterocycles. The minimum absolute atomic E-state index is 0. The molecule has 0 aromatic heterocycles. The van der Waals surface area contributed by atoms with Crippen LogP contribution in [0.25, 0.3) is 10.8 Å². The molecule has 3 rings (SSSR count). The monoisotopic (exact) mass is 394 g/mol. The molecule has 0 spiro atoms. The van der Waals surface area contributed by atoms with Gasteiger partial charge in [0.1, 0.15) is 11.3 Å². The zero-order valence-corrected chi connectivity index (χ0v) is 16.8. The van der Waals surface area contributed by atoms with Crippen LogP contribution in [0.2, 0.25) is 0 Å². The molecule has 1 N–H and O–H groups in total. The Morgan fingerprint density at radius 3 is 2.64 bits per heavy atom. The van der Waals surface area contributed by atoms with Crippen molar-refractivity contribution in [2.75, 3.05) is 7.11 Å². The highest BCUT2D eigenvalue weighted by atomic mass is 35.5. The second kappa shape index (κ2) is 9.82. The Morgan fingerprint density at radius 1 is 1.11 bits per heavy atom. The van der Waals surface area contributed by atoms with E-state index in [1.165, 1.54) is 29.5 Å². The van der Waals surface area contributed by atoms with E-state index < -0.39 is 5.97 Å². The molecule has 1 atom stereocenters. The minimum atomic E-state index is -0.569. The fourth-order valence-corrected chi connectivity index (χ4v) is 3.18. The summed E-state index contributed by atoms with van der Waals surface area (Å²) in [6.07, 6.45) is 1.70. The Hall–Kier alpha value is -2.96. The zero-order valence-electron chi connectivity index (χ0n) is 15.9. The Labute approximate surface area is 171 Å². The number of phenols is 1. The topological polar surface area (TPSA) is 46.5 Å². The highest BCUT2D eigenvalue weighted by molar-refractivity contribution is 5.92. The van der Waals surface area contributed by atoms with Gasteiger partial charge in [-0.15, -0.1) is 12.4 Å². The molecule has 0 saturated carbocycles. The number of benzene rings is 3. The van der Waals surface area contributed by atoms with Gasteiger partial charge >= 0.3 is 5.97 Å². The number of hydrogen-bond donors (Lipinski definition) is 1. The number of ether oxygens (including phenoxy) is 1. The molecule has 4 heteroatoms. The van der Waals surface area contributed by atoms with Crippen LogP contribution in [0.5, 0.6) is 5.75 Å². The van der Waals surface area contributed by atoms with Crippen LogP contribution < -0.4 is 0 Å². The van der Waals surface area contributed by atoms with E-state index in [4.69, 9.17) is 0 Å². The molecule has 3 aromatic carbocycles. The molecular weight excluding hydrogens is 372 g/mol. The van der Waals surface area contributed by atoms with E-state index >= 15 is 0 Å². The number of methoxy groups -OCH3 is 1. The third kappa shape index (κ3) is 4.85. The first kappa shape index (κ1) is 21.3. The van der Waals surface area contributed by atoms with Gasteiger partial charge < -0.3 is 9.84 Å². The second-order valence-electron chi connectivity index (χ2n) is 6.53. The number of carbonyl (C=O) groups excluding carboxylic acids is 1. The number of fused-ring (bicyclic) bond motifs is 1. The van der Waals surface area contributed by atoms with Gasteiger partial charge in [0.25, 0.3) is 0 Å². The van der Waals surface area contributed by atoms with E-state index in [2.05, 4.69) is 66.0 Å². The lowest BCUT2D eigenvalue weighted by Gasteiger charge is -2.13. The number of hydrogen-bond acceptors (Lipinski definition) is 3. The van der Waals surface area contributed by atoms with Gasteiger partial charge in [-0.25, -0.2) is 4.79 Å². The average molecular weight is 395 g/mol. The molecule has 0 amide bonds. The molecule has 144 valence electrons. The van der Waals surface area contributed by atoms with Crippen LogP contribution >= 0.6 is 12.4 Å². The van der Waals surface area contributed by atoms with Crippen LogP contribution in [0.1, 0.15) is 47.2 Å². The van der Waals surface area contributed by atoms with Crippen molar-refractivity contribution >= 4 is 29.1 Å². The maximum absolute atomic E-state index is 11.6. The van der Waals surface area contributed by atoms with E-state index in [-0.39, 0.29) is 23.7 Å². The van der Waals surface area contributed by atoms with Crippen molar-refractivity contribution in [2.45, 2.75) is 25.7 Å². The molecule has 28 heavy (non-hydrogen) atoms. The summed E-state index contributed by atoms with van der Waals surface area (Å²) in [5, 5.41) is 12.3. The highest BCUT2D eigenvalue weighted by Gasteiger charge is 2.11. The summed E-state index contributed by atoms with van der Waals surface area (Å²) in [4.78, 5) is 11.6. The standard InChI is InChI=1S/C24H22O3.ClH/c1-17(20-13-7-11-19-10-5-6-12-21(19)20)8-3-4-9-18-14-15-23(25)22(16-18)24(26)27-2;/h5-7,10-17,25H,3,8H2,1-2H3;1H/t17-;/m0./s1. The molecule has 0 aliphatic heterocycles. The van der Waals surface area contributed by atoms with Crippen molar-refractivity contribution in [3.8, 4) is 17.6 Å². The predicted octanol–water partition coefficient (Wildman–Crippen LogP) is 5.69. The van der Waals surface area contributed by atoms with E-state index in [0.29, 0.717) is 11.5 Å². The van der Waals surface area contributed by atoms with Crippen LogP contribution in [0, 0.1) is 11.8 Å². The smallest absolute Gasteiger partial charge is 0.341 e. The zero-order chi connectivity index (χ0) is 19.2. The number of carbonyl (C=O) groups is 1. The van der Waals surface area contributed by atoms with E-state index in [1.807, 2.05) is 0 Å². The SMILES string of the molecule is COC(=O)c1cc(C#CCC[C@H](C)c2cccc3ccccc23)ccc1O.Cl. The summed E-state index contributed by atoms with van der Waals surface area (Å²) in [5.74, 6) is 5.97. The summed E-state index contributed by atoms with van der Waals surface area (Å²) in [6.45, 7) is 2.22. The molecule has 0 radical (unpaired) electrons. The average Bonchev–Trinajstić information content (AvgIpc) is 2.71. The Kier molecular flexibility index (Phi) is 7.49. The van der Waals surface area contributed by atoms with Gasteiger partial charge in [0.2, 0.25) is 0 Å². The lowest BCUT2D eigenvalue weighted by molar-refractivity contribution is 0.0597. The van der Waals surface area contributed by atoms with Crippen molar-refractivity contribution in [3.05, 3.63) is 77.4 Å². The molecular formula is C24H23ClO3. The lowest BCUT2D eigenvalue weighted by atomic mass is 9.91. The summed E-state index contributed by atoms with van der Waals surface area (Å²) in [6, 6.07) is 19.6. The van der Waals surface area contributed by atoms with Crippen LogP contribution in [-0.2, 0) is 4.74 Å². The van der Waals surface area contributed by atoms with E-state index in [9.17, 15) is 9.90 Å². The summed E-state index contributed by atoms with van der Waals surface area (Å²) in [7, 11) is 1.29. The fraction of sp³-hybridized carbons (Fsp3) is 0.208. The highest BCUT2D eigenvalue weighted by Crippen LogP contribution is 2.28. The maximum atomic E-state index is 11.6. The first-order valence-electron chi connectivity index (χ1n) is 8.98. The van der Waals surface area contributed by atoms with Crippen molar-refractivity contribution in [3.63, 3.8) is 0 Å². The van der Waals surface area contributed by atoms with Gasteiger partial charge in [-0.05, 0) is 46.9 Å². The Morgan fingerprint density at radius 2 is 1.86 bits per heavy atom. The first-order valence-corrected chi connectivity index (χ1v) is 8.98. The number of esters is 1. The molecule has 0 aliphatic rings. The molecule has 0 fully saturated rings. The number of aromatic hydroxyl groups is 1. The molecule has 0 unspecified atom stereocenters. The number of halogens is 1. The maximum Gasteiger partial charge on any atom is 0.341 e. The largest absolute Gasteiger partial charge is 0.507 e. The van der Waals surface area contributed by atoms with Gasteiger partial charge in [0, 0.05) is 12.0 Å². The molecule has 0 saturated heterocycles. The molecule has 3 nitrogen and oxygen atoms in total. The van der Waals surface area contributed by atoms with E-state index in [0.717, 1.165) is 12.8 Å². The van der Waals surface area contributed by atoms with Gasteiger partial charge in [-0.2, -0.15) is 0 Å². The van der Waals surface area contributed by atoms with Crippen LogP contribution in [0.15, 0.2) is 60.7 Å². The normalized spacial score (nSPS) is 11.1. The van der Waals surface area contributed by atoms with Gasteiger partial charge in [-0.1, -0.05) is 61.2 Å². The Balaban J connectivity index is 0.00000280. The van der Waals surface area contributed by atoms with Crippen molar-refractivity contribution < 1.29 is 14.6 Å². The molecule has 3 aromatic rings. The number of rotatable bonds is 4. The quantitative estimate of drug-likeness (QED) is 0.456. The van der Waals surface area contributed by atoms with E-state index in [1.54, 1.807) is 12.1 Å². The Bertz CT molecular complexity index is 1030. The van der Waals surface area contributed by atoms with Crippen LogP contribution in [-0.4, -0.2) is 18.2 Å².